The molecule has 20 heavy (non-hydrogen) atoms. The van der Waals surface area contributed by atoms with Crippen LogP contribution in [0.1, 0.15) is 16.2 Å². The van der Waals surface area contributed by atoms with Crippen molar-refractivity contribution in [1.82, 2.24) is 4.90 Å². The fourth-order valence-electron chi connectivity index (χ4n) is 2.35. The number of amides is 1. The fraction of sp³-hybridized carbons (Fsp3) is 0.357. The molecule has 0 radical (unpaired) electrons. The molecule has 0 saturated carbocycles. The van der Waals surface area contributed by atoms with Crippen molar-refractivity contribution in [3.05, 3.63) is 40.0 Å². The molecule has 1 atom stereocenters. The third kappa shape index (κ3) is 2.58. The molecule has 1 aliphatic rings. The summed E-state index contributed by atoms with van der Waals surface area (Å²) in [5, 5.41) is 2.06. The highest BCUT2D eigenvalue weighted by molar-refractivity contribution is 7.85. The number of carbonyl (C=O) groups is 1. The second-order valence-electron chi connectivity index (χ2n) is 4.77. The maximum atomic E-state index is 12.3. The van der Waals surface area contributed by atoms with E-state index in [0.29, 0.717) is 23.7 Å². The molecule has 2 aromatic heterocycles. The Morgan fingerprint density at radius 3 is 3.10 bits per heavy atom. The Bertz CT molecular complexity index is 659. The van der Waals surface area contributed by atoms with Crippen LogP contribution >= 0.6 is 11.3 Å². The van der Waals surface area contributed by atoms with Crippen LogP contribution < -0.4 is 0 Å². The number of fused-ring (bicyclic) bond motifs is 1. The van der Waals surface area contributed by atoms with E-state index < -0.39 is 10.8 Å². The summed E-state index contributed by atoms with van der Waals surface area (Å²) in [6, 6.07) is 3.74. The SMILES string of the molecule is Cc1occc1[S@](=O)CC(=O)N1CCc2sccc2C1. The molecule has 1 amide bonds. The first-order valence-corrected chi connectivity index (χ1v) is 8.60. The van der Waals surface area contributed by atoms with Gasteiger partial charge in [0.1, 0.15) is 11.5 Å². The molecule has 2 aromatic rings. The number of hydrogen-bond donors (Lipinski definition) is 0. The number of thiophene rings is 1. The molecule has 0 N–H and O–H groups in total. The van der Waals surface area contributed by atoms with Gasteiger partial charge in [-0.2, -0.15) is 0 Å². The Kier molecular flexibility index (Phi) is 3.76. The summed E-state index contributed by atoms with van der Waals surface area (Å²) >= 11 is 1.74. The summed E-state index contributed by atoms with van der Waals surface area (Å²) in [7, 11) is -1.33. The van der Waals surface area contributed by atoms with Crippen LogP contribution in [0.3, 0.4) is 0 Å². The molecule has 6 heteroatoms. The summed E-state index contributed by atoms with van der Waals surface area (Å²) in [6.07, 6.45) is 2.40. The largest absolute Gasteiger partial charge is 0.468 e. The zero-order valence-corrected chi connectivity index (χ0v) is 12.8. The lowest BCUT2D eigenvalue weighted by Gasteiger charge is -2.26. The second kappa shape index (κ2) is 5.54. The van der Waals surface area contributed by atoms with Gasteiger partial charge in [0, 0.05) is 18.0 Å². The monoisotopic (exact) mass is 309 g/mol. The summed E-state index contributed by atoms with van der Waals surface area (Å²) in [5.41, 5.74) is 1.22. The second-order valence-corrected chi connectivity index (χ2v) is 7.19. The Morgan fingerprint density at radius 1 is 1.50 bits per heavy atom. The van der Waals surface area contributed by atoms with Gasteiger partial charge in [-0.1, -0.05) is 0 Å². The van der Waals surface area contributed by atoms with E-state index in [0.717, 1.165) is 6.42 Å². The summed E-state index contributed by atoms with van der Waals surface area (Å²) in [5.74, 6) is 0.593. The van der Waals surface area contributed by atoms with Gasteiger partial charge < -0.3 is 9.32 Å². The predicted octanol–water partition coefficient (Wildman–Crippen LogP) is 2.34. The standard InChI is InChI=1S/C14H15NO3S2/c1-10-13(3-6-18-10)20(17)9-14(16)15-5-2-12-11(8-15)4-7-19-12/h3-4,6-7H,2,5,8-9H2,1H3/t20-/m1/s1. The summed E-state index contributed by atoms with van der Waals surface area (Å²) in [4.78, 5) is 16.0. The third-order valence-electron chi connectivity index (χ3n) is 3.47. The van der Waals surface area contributed by atoms with E-state index in [-0.39, 0.29) is 11.7 Å². The van der Waals surface area contributed by atoms with Crippen molar-refractivity contribution in [3.63, 3.8) is 0 Å². The number of aryl methyl sites for hydroxylation is 1. The average Bonchev–Trinajstić information content (AvgIpc) is 3.05. The molecule has 0 unspecified atom stereocenters. The molecule has 0 saturated heterocycles. The molecule has 3 heterocycles. The van der Waals surface area contributed by atoms with Crippen LogP contribution in [-0.2, 0) is 28.6 Å². The molecule has 3 rings (SSSR count). The number of furan rings is 1. The Balaban J connectivity index is 1.66. The van der Waals surface area contributed by atoms with Crippen molar-refractivity contribution < 1.29 is 13.4 Å². The predicted molar refractivity (Wildman–Crippen MR) is 78.2 cm³/mol. The fourth-order valence-corrected chi connectivity index (χ4v) is 4.38. The van der Waals surface area contributed by atoms with Crippen molar-refractivity contribution in [2.24, 2.45) is 0 Å². The molecular weight excluding hydrogens is 294 g/mol. The van der Waals surface area contributed by atoms with Crippen LogP contribution in [0.4, 0.5) is 0 Å². The minimum Gasteiger partial charge on any atom is -0.468 e. The van der Waals surface area contributed by atoms with Crippen molar-refractivity contribution in [1.29, 1.82) is 0 Å². The smallest absolute Gasteiger partial charge is 0.235 e. The first-order valence-electron chi connectivity index (χ1n) is 6.40. The number of rotatable bonds is 3. The maximum Gasteiger partial charge on any atom is 0.235 e. The van der Waals surface area contributed by atoms with E-state index >= 15 is 0 Å². The van der Waals surface area contributed by atoms with Gasteiger partial charge in [0.2, 0.25) is 5.91 Å². The quantitative estimate of drug-likeness (QED) is 0.874. The summed E-state index contributed by atoms with van der Waals surface area (Å²) in [6.45, 7) is 3.11. The molecule has 4 nitrogen and oxygen atoms in total. The van der Waals surface area contributed by atoms with E-state index in [1.54, 1.807) is 29.2 Å². The lowest BCUT2D eigenvalue weighted by Crippen LogP contribution is -2.38. The molecule has 0 aromatic carbocycles. The van der Waals surface area contributed by atoms with Gasteiger partial charge in [-0.15, -0.1) is 11.3 Å². The lowest BCUT2D eigenvalue weighted by molar-refractivity contribution is -0.129. The highest BCUT2D eigenvalue weighted by atomic mass is 32.2. The minimum absolute atomic E-state index is 0.0276. The van der Waals surface area contributed by atoms with E-state index in [1.165, 1.54) is 16.7 Å². The maximum absolute atomic E-state index is 12.3. The molecule has 1 aliphatic heterocycles. The van der Waals surface area contributed by atoms with E-state index in [9.17, 15) is 9.00 Å². The number of nitrogens with zero attached hydrogens (tertiary/aromatic N) is 1. The first-order chi connectivity index (χ1) is 9.65. The highest BCUT2D eigenvalue weighted by Gasteiger charge is 2.23. The third-order valence-corrected chi connectivity index (χ3v) is 5.92. The van der Waals surface area contributed by atoms with Crippen LogP contribution in [0.5, 0.6) is 0 Å². The van der Waals surface area contributed by atoms with Crippen LogP contribution in [0, 0.1) is 6.92 Å². The van der Waals surface area contributed by atoms with Crippen LogP contribution in [0.15, 0.2) is 33.1 Å². The van der Waals surface area contributed by atoms with Gasteiger partial charge in [0.05, 0.1) is 22.0 Å². The number of hydrogen-bond acceptors (Lipinski definition) is 4. The van der Waals surface area contributed by atoms with Crippen molar-refractivity contribution in [3.8, 4) is 0 Å². The van der Waals surface area contributed by atoms with Gasteiger partial charge in [-0.05, 0) is 36.4 Å². The van der Waals surface area contributed by atoms with E-state index in [1.807, 2.05) is 0 Å². The van der Waals surface area contributed by atoms with Gasteiger partial charge >= 0.3 is 0 Å². The van der Waals surface area contributed by atoms with Crippen molar-refractivity contribution >= 4 is 28.0 Å². The van der Waals surface area contributed by atoms with Gasteiger partial charge in [-0.25, -0.2) is 0 Å². The molecule has 0 fully saturated rings. The Hall–Kier alpha value is -1.40. The Morgan fingerprint density at radius 2 is 2.35 bits per heavy atom. The number of carbonyl (C=O) groups excluding carboxylic acids is 1. The minimum atomic E-state index is -1.33. The molecule has 106 valence electrons. The zero-order chi connectivity index (χ0) is 14.1. The molecule has 0 spiro atoms. The molecule has 0 aliphatic carbocycles. The van der Waals surface area contributed by atoms with Gasteiger partial charge in [0.15, 0.2) is 0 Å². The average molecular weight is 309 g/mol. The highest BCUT2D eigenvalue weighted by Crippen LogP contribution is 2.24. The zero-order valence-electron chi connectivity index (χ0n) is 11.1. The topological polar surface area (TPSA) is 50.5 Å². The Labute approximate surface area is 123 Å². The first kappa shape index (κ1) is 13.6. The van der Waals surface area contributed by atoms with Crippen LogP contribution in [0.2, 0.25) is 0 Å². The van der Waals surface area contributed by atoms with E-state index in [2.05, 4.69) is 11.4 Å². The summed E-state index contributed by atoms with van der Waals surface area (Å²) < 4.78 is 17.3. The van der Waals surface area contributed by atoms with E-state index in [4.69, 9.17) is 4.42 Å². The van der Waals surface area contributed by atoms with Crippen molar-refractivity contribution in [2.45, 2.75) is 24.8 Å². The normalized spacial score (nSPS) is 15.9. The van der Waals surface area contributed by atoms with Crippen molar-refractivity contribution in [2.75, 3.05) is 12.3 Å². The van der Waals surface area contributed by atoms with Gasteiger partial charge in [-0.3, -0.25) is 9.00 Å². The lowest BCUT2D eigenvalue weighted by atomic mass is 10.1. The molecule has 0 bridgehead atoms. The van der Waals surface area contributed by atoms with Crippen LogP contribution in [0.25, 0.3) is 0 Å². The van der Waals surface area contributed by atoms with Gasteiger partial charge in [0.25, 0.3) is 0 Å². The van der Waals surface area contributed by atoms with Crippen LogP contribution in [-0.4, -0.2) is 27.3 Å². The molecular formula is C14H15NO3S2.